The fourth-order valence-electron chi connectivity index (χ4n) is 0.667. The molecule has 0 bridgehead atoms. The fourth-order valence-corrected chi connectivity index (χ4v) is 1.12. The lowest BCUT2D eigenvalue weighted by Crippen LogP contribution is -1.96. The first-order valence-corrected chi connectivity index (χ1v) is 4.91. The standard InChI is InChI=1S/C7H12BrClO/c1-6(5-8)3-2-4-7(9)10/h6H,2-5H2,1H3. The second-order valence-electron chi connectivity index (χ2n) is 2.51. The normalized spacial score (nSPS) is 13.1. The van der Waals surface area contributed by atoms with Crippen LogP contribution in [0.15, 0.2) is 0 Å². The Morgan fingerprint density at radius 3 is 2.70 bits per heavy atom. The van der Waals surface area contributed by atoms with Crippen LogP contribution in [0.5, 0.6) is 0 Å². The highest BCUT2D eigenvalue weighted by Gasteiger charge is 2.00. The van der Waals surface area contributed by atoms with Gasteiger partial charge in [0, 0.05) is 11.8 Å². The number of carbonyl (C=O) groups is 1. The molecule has 0 amide bonds. The molecule has 0 aliphatic rings. The van der Waals surface area contributed by atoms with Gasteiger partial charge in [0.2, 0.25) is 5.24 Å². The lowest BCUT2D eigenvalue weighted by Gasteiger charge is -2.03. The molecule has 3 heteroatoms. The van der Waals surface area contributed by atoms with Crippen molar-refractivity contribution < 1.29 is 4.79 Å². The summed E-state index contributed by atoms with van der Waals surface area (Å²) in [4.78, 5) is 10.3. The molecule has 0 radical (unpaired) electrons. The van der Waals surface area contributed by atoms with Crippen molar-refractivity contribution in [3.8, 4) is 0 Å². The van der Waals surface area contributed by atoms with Crippen molar-refractivity contribution in [2.75, 3.05) is 5.33 Å². The van der Waals surface area contributed by atoms with Crippen LogP contribution in [0.4, 0.5) is 0 Å². The molecule has 0 heterocycles. The molecule has 1 unspecified atom stereocenters. The Hall–Kier alpha value is 0.440. The number of carbonyl (C=O) groups excluding carboxylic acids is 1. The van der Waals surface area contributed by atoms with E-state index in [9.17, 15) is 4.79 Å². The molecule has 1 nitrogen and oxygen atoms in total. The van der Waals surface area contributed by atoms with Crippen molar-refractivity contribution in [1.29, 1.82) is 0 Å². The smallest absolute Gasteiger partial charge is 0.221 e. The predicted molar refractivity (Wildman–Crippen MR) is 47.7 cm³/mol. The molecule has 0 saturated heterocycles. The summed E-state index contributed by atoms with van der Waals surface area (Å²) >= 11 is 8.52. The van der Waals surface area contributed by atoms with Crippen LogP contribution in [0.3, 0.4) is 0 Å². The molecular formula is C7H12BrClO. The third-order valence-corrected chi connectivity index (χ3v) is 2.63. The van der Waals surface area contributed by atoms with Crippen LogP contribution in [0.1, 0.15) is 26.2 Å². The van der Waals surface area contributed by atoms with E-state index in [0.29, 0.717) is 12.3 Å². The van der Waals surface area contributed by atoms with Gasteiger partial charge >= 0.3 is 0 Å². The fraction of sp³-hybridized carbons (Fsp3) is 0.857. The molecule has 10 heavy (non-hydrogen) atoms. The first kappa shape index (κ1) is 10.4. The van der Waals surface area contributed by atoms with Crippen LogP contribution in [0.2, 0.25) is 0 Å². The van der Waals surface area contributed by atoms with Gasteiger partial charge in [0.1, 0.15) is 0 Å². The van der Waals surface area contributed by atoms with Crippen molar-refractivity contribution in [2.45, 2.75) is 26.2 Å². The van der Waals surface area contributed by atoms with E-state index in [1.165, 1.54) is 0 Å². The van der Waals surface area contributed by atoms with Crippen LogP contribution < -0.4 is 0 Å². The lowest BCUT2D eigenvalue weighted by molar-refractivity contribution is -0.111. The van der Waals surface area contributed by atoms with Gasteiger partial charge < -0.3 is 0 Å². The van der Waals surface area contributed by atoms with Crippen molar-refractivity contribution >= 4 is 32.8 Å². The molecule has 0 aliphatic carbocycles. The molecule has 1 atom stereocenters. The van der Waals surface area contributed by atoms with Crippen molar-refractivity contribution in [3.63, 3.8) is 0 Å². The topological polar surface area (TPSA) is 17.1 Å². The Morgan fingerprint density at radius 1 is 1.70 bits per heavy atom. The highest BCUT2D eigenvalue weighted by molar-refractivity contribution is 9.09. The summed E-state index contributed by atoms with van der Waals surface area (Å²) in [5.41, 5.74) is 0. The minimum Gasteiger partial charge on any atom is -0.281 e. The molecule has 0 fully saturated rings. The number of hydrogen-bond acceptors (Lipinski definition) is 1. The van der Waals surface area contributed by atoms with E-state index in [-0.39, 0.29) is 5.24 Å². The summed E-state index contributed by atoms with van der Waals surface area (Å²) in [6.07, 6.45) is 2.50. The van der Waals surface area contributed by atoms with Gasteiger partial charge in [0.05, 0.1) is 0 Å². The zero-order valence-electron chi connectivity index (χ0n) is 6.07. The summed E-state index contributed by atoms with van der Waals surface area (Å²) in [6, 6.07) is 0. The molecule has 0 rings (SSSR count). The largest absolute Gasteiger partial charge is 0.281 e. The summed E-state index contributed by atoms with van der Waals surface area (Å²) in [5, 5.41) is 0.783. The Balaban J connectivity index is 3.11. The van der Waals surface area contributed by atoms with Gasteiger partial charge in [0.15, 0.2) is 0 Å². The van der Waals surface area contributed by atoms with Gasteiger partial charge in [-0.15, -0.1) is 0 Å². The number of alkyl halides is 1. The first-order valence-electron chi connectivity index (χ1n) is 3.41. The quantitative estimate of drug-likeness (QED) is 0.521. The number of hydrogen-bond donors (Lipinski definition) is 0. The minimum absolute atomic E-state index is 0.221. The maximum atomic E-state index is 10.3. The predicted octanol–water partition coefficient (Wildman–Crippen LogP) is 2.95. The molecular weight excluding hydrogens is 215 g/mol. The van der Waals surface area contributed by atoms with Gasteiger partial charge in [-0.05, 0) is 30.4 Å². The summed E-state index contributed by atoms with van der Waals surface area (Å²) < 4.78 is 0. The van der Waals surface area contributed by atoms with Gasteiger partial charge in [0.25, 0.3) is 0 Å². The van der Waals surface area contributed by atoms with E-state index in [1.54, 1.807) is 0 Å². The van der Waals surface area contributed by atoms with Crippen molar-refractivity contribution in [3.05, 3.63) is 0 Å². The van der Waals surface area contributed by atoms with Crippen LogP contribution >= 0.6 is 27.5 Å². The highest BCUT2D eigenvalue weighted by atomic mass is 79.9. The van der Waals surface area contributed by atoms with Crippen molar-refractivity contribution in [1.82, 2.24) is 0 Å². The Bertz CT molecular complexity index is 106. The molecule has 60 valence electrons. The van der Waals surface area contributed by atoms with Crippen molar-refractivity contribution in [2.24, 2.45) is 5.92 Å². The molecule has 0 aliphatic heterocycles. The third kappa shape index (κ3) is 6.56. The van der Waals surface area contributed by atoms with Crippen LogP contribution in [-0.2, 0) is 4.79 Å². The second-order valence-corrected chi connectivity index (χ2v) is 3.58. The van der Waals surface area contributed by atoms with Crippen LogP contribution in [0, 0.1) is 5.92 Å². The average Bonchev–Trinajstić information content (AvgIpc) is 1.87. The van der Waals surface area contributed by atoms with Crippen LogP contribution in [-0.4, -0.2) is 10.6 Å². The van der Waals surface area contributed by atoms with Gasteiger partial charge in [-0.3, -0.25) is 4.79 Å². The Kier molecular flexibility index (Phi) is 6.44. The van der Waals surface area contributed by atoms with E-state index in [1.807, 2.05) is 0 Å². The molecule has 0 aromatic heterocycles. The van der Waals surface area contributed by atoms with E-state index in [4.69, 9.17) is 11.6 Å². The first-order chi connectivity index (χ1) is 4.66. The van der Waals surface area contributed by atoms with Gasteiger partial charge in [-0.1, -0.05) is 22.9 Å². The lowest BCUT2D eigenvalue weighted by atomic mass is 10.1. The minimum atomic E-state index is -0.221. The van der Waals surface area contributed by atoms with Gasteiger partial charge in [-0.2, -0.15) is 0 Å². The number of halogens is 2. The molecule has 0 saturated carbocycles. The summed E-state index contributed by atoms with van der Waals surface area (Å²) in [6.45, 7) is 2.15. The second kappa shape index (κ2) is 6.17. The van der Waals surface area contributed by atoms with Crippen LogP contribution in [0.25, 0.3) is 0 Å². The Morgan fingerprint density at radius 2 is 2.30 bits per heavy atom. The summed E-state index contributed by atoms with van der Waals surface area (Å²) in [7, 11) is 0. The maximum absolute atomic E-state index is 10.3. The van der Waals surface area contributed by atoms with E-state index >= 15 is 0 Å². The summed E-state index contributed by atoms with van der Waals surface area (Å²) in [5.74, 6) is 0.649. The monoisotopic (exact) mass is 226 g/mol. The average molecular weight is 228 g/mol. The highest BCUT2D eigenvalue weighted by Crippen LogP contribution is 2.10. The zero-order chi connectivity index (χ0) is 7.98. The molecule has 0 N–H and O–H groups in total. The Labute approximate surface area is 75.3 Å². The van der Waals surface area contributed by atoms with Gasteiger partial charge in [-0.25, -0.2) is 0 Å². The van der Waals surface area contributed by atoms with E-state index < -0.39 is 0 Å². The van der Waals surface area contributed by atoms with E-state index in [0.717, 1.165) is 18.2 Å². The maximum Gasteiger partial charge on any atom is 0.221 e. The molecule has 0 spiro atoms. The SMILES string of the molecule is CC(CBr)CCCC(=O)Cl. The van der Waals surface area contributed by atoms with E-state index in [2.05, 4.69) is 22.9 Å². The molecule has 0 aromatic rings. The number of rotatable bonds is 5. The zero-order valence-corrected chi connectivity index (χ0v) is 8.41. The molecule has 0 aromatic carbocycles. The third-order valence-electron chi connectivity index (χ3n) is 1.33.